The minimum Gasteiger partial charge on any atom is -0.355 e. The zero-order valence-electron chi connectivity index (χ0n) is 19.3. The van der Waals surface area contributed by atoms with Crippen molar-refractivity contribution in [2.45, 2.75) is 26.2 Å². The molecule has 0 saturated carbocycles. The van der Waals surface area contributed by atoms with Crippen molar-refractivity contribution in [3.8, 4) is 11.3 Å². The molecule has 0 unspecified atom stereocenters. The monoisotopic (exact) mass is 444 g/mol. The summed E-state index contributed by atoms with van der Waals surface area (Å²) in [5.41, 5.74) is 10.2. The summed E-state index contributed by atoms with van der Waals surface area (Å²) in [4.78, 5) is 25.9. The summed E-state index contributed by atoms with van der Waals surface area (Å²) in [6.45, 7) is 6.42. The molecule has 0 aliphatic carbocycles. The van der Waals surface area contributed by atoms with Crippen molar-refractivity contribution in [1.29, 1.82) is 0 Å². The smallest absolute Gasteiger partial charge is 0.0907 e. The van der Waals surface area contributed by atoms with E-state index in [4.69, 9.17) is 9.97 Å². The number of fused-ring (bicyclic) bond motifs is 8. The minimum absolute atomic E-state index is 0.0487. The Balaban J connectivity index is 1.60. The van der Waals surface area contributed by atoms with Gasteiger partial charge < -0.3 is 9.97 Å². The number of aromatic nitrogens is 6. The number of hydrogen-bond donors (Lipinski definition) is 2. The van der Waals surface area contributed by atoms with Crippen molar-refractivity contribution in [1.82, 2.24) is 29.9 Å². The highest BCUT2D eigenvalue weighted by atomic mass is 14.8. The first-order chi connectivity index (χ1) is 16.4. The molecular weight excluding hydrogens is 420 g/mol. The van der Waals surface area contributed by atoms with Gasteiger partial charge >= 0.3 is 0 Å². The van der Waals surface area contributed by atoms with Crippen molar-refractivity contribution in [2.75, 3.05) is 0 Å². The fourth-order valence-electron chi connectivity index (χ4n) is 4.08. The van der Waals surface area contributed by atoms with Crippen LogP contribution in [-0.4, -0.2) is 29.9 Å². The number of H-pyrrole nitrogens is 2. The van der Waals surface area contributed by atoms with Crippen LogP contribution in [0.4, 0.5) is 0 Å². The van der Waals surface area contributed by atoms with Gasteiger partial charge in [0.2, 0.25) is 0 Å². The topological polar surface area (TPSA) is 83.1 Å². The zero-order valence-corrected chi connectivity index (χ0v) is 19.3. The quantitative estimate of drug-likeness (QED) is 0.307. The molecule has 34 heavy (non-hydrogen) atoms. The van der Waals surface area contributed by atoms with Gasteiger partial charge in [-0.05, 0) is 66.8 Å². The van der Waals surface area contributed by atoms with Gasteiger partial charge in [0.15, 0.2) is 0 Å². The van der Waals surface area contributed by atoms with Gasteiger partial charge in [0, 0.05) is 33.7 Å². The maximum Gasteiger partial charge on any atom is 0.0907 e. The van der Waals surface area contributed by atoms with Crippen LogP contribution in [0, 0.1) is 0 Å². The van der Waals surface area contributed by atoms with E-state index in [1.165, 1.54) is 0 Å². The van der Waals surface area contributed by atoms with Gasteiger partial charge in [-0.15, -0.1) is 0 Å². The normalized spacial score (nSPS) is 12.9. The fraction of sp³-hybridized carbons (Fsp3) is 0.143. The fourth-order valence-corrected chi connectivity index (χ4v) is 4.08. The van der Waals surface area contributed by atoms with E-state index in [0.29, 0.717) is 0 Å². The van der Waals surface area contributed by atoms with E-state index in [2.05, 4.69) is 65.0 Å². The third kappa shape index (κ3) is 3.94. The Kier molecular flexibility index (Phi) is 4.55. The number of aromatic amines is 2. The van der Waals surface area contributed by atoms with E-state index >= 15 is 0 Å². The Hall–Kier alpha value is -4.32. The van der Waals surface area contributed by atoms with Crippen molar-refractivity contribution < 1.29 is 0 Å². The third-order valence-electron chi connectivity index (χ3n) is 5.86. The lowest BCUT2D eigenvalue weighted by molar-refractivity contribution is 0.566. The first-order valence-corrected chi connectivity index (χ1v) is 11.3. The molecule has 0 spiro atoms. The Morgan fingerprint density at radius 2 is 1.26 bits per heavy atom. The maximum atomic E-state index is 4.77. The summed E-state index contributed by atoms with van der Waals surface area (Å²) in [6, 6.07) is 14.4. The SMILES string of the molecule is CC(C)(C)c1cnc(-c2cc3cc4ccc(cc5nc(cc6nc(cc2[nH]3)C=C6)C=C5)[nH]4)cn1. The van der Waals surface area contributed by atoms with Gasteiger partial charge in [-0.3, -0.25) is 9.97 Å². The second-order valence-corrected chi connectivity index (χ2v) is 9.63. The molecule has 2 aliphatic heterocycles. The van der Waals surface area contributed by atoms with E-state index in [-0.39, 0.29) is 5.41 Å². The van der Waals surface area contributed by atoms with E-state index in [1.54, 1.807) is 0 Å². The number of nitrogens with one attached hydrogen (secondary N) is 2. The third-order valence-corrected chi connectivity index (χ3v) is 5.86. The van der Waals surface area contributed by atoms with Crippen molar-refractivity contribution >= 4 is 46.4 Å². The van der Waals surface area contributed by atoms with Gasteiger partial charge in [-0.1, -0.05) is 20.8 Å². The summed E-state index contributed by atoms with van der Waals surface area (Å²) in [6.07, 6.45) is 11.8. The van der Waals surface area contributed by atoms with E-state index in [0.717, 1.165) is 61.8 Å². The molecule has 2 aliphatic rings. The molecule has 0 aromatic carbocycles. The van der Waals surface area contributed by atoms with Crippen LogP contribution in [0.5, 0.6) is 0 Å². The highest BCUT2D eigenvalue weighted by molar-refractivity contribution is 5.86. The zero-order chi connectivity index (χ0) is 23.3. The Bertz CT molecular complexity index is 1630. The molecule has 6 heteroatoms. The van der Waals surface area contributed by atoms with Gasteiger partial charge in [0.05, 0.1) is 45.9 Å². The number of nitrogens with zero attached hydrogens (tertiary/aromatic N) is 4. The summed E-state index contributed by atoms with van der Waals surface area (Å²) in [5, 5.41) is 0. The summed E-state index contributed by atoms with van der Waals surface area (Å²) >= 11 is 0. The molecule has 8 bridgehead atoms. The van der Waals surface area contributed by atoms with E-state index in [1.807, 2.05) is 54.9 Å². The van der Waals surface area contributed by atoms with Crippen LogP contribution in [0.15, 0.2) is 54.9 Å². The maximum absolute atomic E-state index is 4.77. The lowest BCUT2D eigenvalue weighted by Crippen LogP contribution is -2.13. The minimum atomic E-state index is -0.0487. The molecule has 4 aromatic rings. The van der Waals surface area contributed by atoms with Gasteiger partial charge in [-0.2, -0.15) is 0 Å². The van der Waals surface area contributed by atoms with Crippen LogP contribution in [0.1, 0.15) is 49.2 Å². The van der Waals surface area contributed by atoms with Crippen LogP contribution < -0.4 is 0 Å². The molecule has 0 radical (unpaired) electrons. The number of hydrogen-bond acceptors (Lipinski definition) is 4. The Morgan fingerprint density at radius 3 is 1.91 bits per heavy atom. The van der Waals surface area contributed by atoms with Crippen LogP contribution in [0.2, 0.25) is 0 Å². The number of rotatable bonds is 1. The molecule has 6 heterocycles. The summed E-state index contributed by atoms with van der Waals surface area (Å²) in [7, 11) is 0. The van der Waals surface area contributed by atoms with Gasteiger partial charge in [0.25, 0.3) is 0 Å². The Labute approximate surface area is 197 Å². The largest absolute Gasteiger partial charge is 0.355 e. The molecule has 0 amide bonds. The first kappa shape index (κ1) is 20.3. The average Bonchev–Trinajstić information content (AvgIpc) is 3.58. The van der Waals surface area contributed by atoms with Crippen molar-refractivity contribution in [3.05, 3.63) is 83.3 Å². The molecule has 0 atom stereocenters. The van der Waals surface area contributed by atoms with Crippen molar-refractivity contribution in [3.63, 3.8) is 0 Å². The van der Waals surface area contributed by atoms with Gasteiger partial charge in [-0.25, -0.2) is 9.97 Å². The molecule has 6 rings (SSSR count). The molecule has 0 saturated heterocycles. The van der Waals surface area contributed by atoms with Crippen LogP contribution >= 0.6 is 0 Å². The second kappa shape index (κ2) is 7.63. The molecular formula is C28H24N6. The molecule has 6 nitrogen and oxygen atoms in total. The second-order valence-electron chi connectivity index (χ2n) is 9.63. The van der Waals surface area contributed by atoms with Crippen molar-refractivity contribution in [2.24, 2.45) is 0 Å². The van der Waals surface area contributed by atoms with E-state index < -0.39 is 0 Å². The molecule has 2 N–H and O–H groups in total. The van der Waals surface area contributed by atoms with Crippen LogP contribution in [-0.2, 0) is 5.41 Å². The molecule has 4 aromatic heterocycles. The van der Waals surface area contributed by atoms with Gasteiger partial charge in [0.1, 0.15) is 0 Å². The predicted molar refractivity (Wildman–Crippen MR) is 139 cm³/mol. The lowest BCUT2D eigenvalue weighted by Gasteiger charge is -2.16. The summed E-state index contributed by atoms with van der Waals surface area (Å²) < 4.78 is 0. The Morgan fingerprint density at radius 1 is 0.618 bits per heavy atom. The highest BCUT2D eigenvalue weighted by Gasteiger charge is 2.16. The van der Waals surface area contributed by atoms with Crippen LogP contribution in [0.3, 0.4) is 0 Å². The lowest BCUT2D eigenvalue weighted by atomic mass is 9.93. The first-order valence-electron chi connectivity index (χ1n) is 11.3. The standard InChI is InChI=1S/C28H24N6/c1-28(2,3)27-16-29-26(15-30-27)24-13-23-12-21-7-6-19(32-21)10-17-4-5-18(31-17)11-20-8-9-22(33-20)14-25(24)34-23/h4-16,32,34H,1-3H3. The summed E-state index contributed by atoms with van der Waals surface area (Å²) in [5.74, 6) is 0. The molecule has 0 fully saturated rings. The average molecular weight is 445 g/mol. The molecule has 166 valence electrons. The van der Waals surface area contributed by atoms with Crippen LogP contribution in [0.25, 0.3) is 57.6 Å². The predicted octanol–water partition coefficient (Wildman–Crippen LogP) is 6.41. The highest BCUT2D eigenvalue weighted by Crippen LogP contribution is 2.27. The van der Waals surface area contributed by atoms with E-state index in [9.17, 15) is 0 Å².